The molecule has 0 aliphatic carbocycles. The molecule has 1 atom stereocenters. The molecule has 196 valence electrons. The van der Waals surface area contributed by atoms with Crippen LogP contribution in [0.5, 0.6) is 11.5 Å². The van der Waals surface area contributed by atoms with E-state index in [0.717, 1.165) is 11.3 Å². The predicted octanol–water partition coefficient (Wildman–Crippen LogP) is 4.83. The molecule has 0 radical (unpaired) electrons. The molecule has 1 fully saturated rings. The van der Waals surface area contributed by atoms with Crippen molar-refractivity contribution in [2.24, 2.45) is 0 Å². The lowest BCUT2D eigenvalue weighted by Crippen LogP contribution is -2.29. The van der Waals surface area contributed by atoms with Gasteiger partial charge in [0.15, 0.2) is 5.13 Å². The van der Waals surface area contributed by atoms with Gasteiger partial charge in [-0.2, -0.15) is 0 Å². The molecule has 1 aliphatic rings. The minimum absolute atomic E-state index is 0.119. The number of hydrogen-bond acceptors (Lipinski definition) is 9. The summed E-state index contributed by atoms with van der Waals surface area (Å²) < 4.78 is 16.0. The minimum atomic E-state index is -1.04. The summed E-state index contributed by atoms with van der Waals surface area (Å²) in [7, 11) is 1.52. The van der Waals surface area contributed by atoms with E-state index in [4.69, 9.17) is 14.2 Å². The highest BCUT2D eigenvalue weighted by molar-refractivity contribution is 7.17. The molecular weight excluding hydrogens is 508 g/mol. The average Bonchev–Trinajstić information content (AvgIpc) is 3.44. The zero-order valence-electron chi connectivity index (χ0n) is 21.1. The summed E-state index contributed by atoms with van der Waals surface area (Å²) in [6.45, 7) is 7.39. The highest BCUT2D eigenvalue weighted by Crippen LogP contribution is 2.44. The topological polar surface area (TPSA) is 115 Å². The van der Waals surface area contributed by atoms with Crippen LogP contribution >= 0.6 is 11.3 Å². The fraction of sp³-hybridized carbons (Fsp3) is 0.214. The van der Waals surface area contributed by atoms with Crippen LogP contribution in [0.25, 0.3) is 5.76 Å². The molecule has 3 aromatic rings. The normalized spacial score (nSPS) is 16.4. The first kappa shape index (κ1) is 26.6. The summed E-state index contributed by atoms with van der Waals surface area (Å²) >= 11 is 0.944. The number of anilines is 1. The third kappa shape index (κ3) is 5.03. The number of nitrogens with zero attached hydrogens (tertiary/aromatic N) is 2. The quantitative estimate of drug-likeness (QED) is 0.137. The van der Waals surface area contributed by atoms with Gasteiger partial charge in [0.1, 0.15) is 28.7 Å². The van der Waals surface area contributed by atoms with Crippen LogP contribution in [-0.4, -0.2) is 48.1 Å². The first-order valence-electron chi connectivity index (χ1n) is 11.7. The van der Waals surface area contributed by atoms with Gasteiger partial charge in [0, 0.05) is 5.56 Å². The molecule has 1 unspecified atom stereocenters. The number of aryl methyl sites for hydroxylation is 1. The van der Waals surface area contributed by atoms with E-state index in [9.17, 15) is 19.5 Å². The Morgan fingerprint density at radius 1 is 1.18 bits per heavy atom. The third-order valence-corrected chi connectivity index (χ3v) is 6.94. The summed E-state index contributed by atoms with van der Waals surface area (Å²) in [5, 5.41) is 11.4. The number of aliphatic hydroxyl groups excluding tert-OH is 1. The van der Waals surface area contributed by atoms with Crippen molar-refractivity contribution in [1.29, 1.82) is 0 Å². The SMILES string of the molecule is C=CCOc1cccc(C2C(=C(O)c3ccc(OC)cc3)C(=O)C(=O)N2c2nc(C)c(C(=O)OCC)s2)c1. The minimum Gasteiger partial charge on any atom is -0.507 e. The number of thiazole rings is 1. The van der Waals surface area contributed by atoms with Crippen LogP contribution in [0.3, 0.4) is 0 Å². The van der Waals surface area contributed by atoms with Crippen LogP contribution in [0, 0.1) is 6.92 Å². The van der Waals surface area contributed by atoms with Crippen LogP contribution in [0.15, 0.2) is 66.8 Å². The summed E-state index contributed by atoms with van der Waals surface area (Å²) in [5.74, 6) is -1.64. The fourth-order valence-corrected chi connectivity index (χ4v) is 5.04. The zero-order valence-corrected chi connectivity index (χ0v) is 21.9. The van der Waals surface area contributed by atoms with Gasteiger partial charge in [-0.1, -0.05) is 36.1 Å². The number of Topliss-reactive ketones (excluding diaryl/α,β-unsaturated/α-hetero) is 1. The first-order chi connectivity index (χ1) is 18.3. The molecule has 4 rings (SSSR count). The van der Waals surface area contributed by atoms with Gasteiger partial charge < -0.3 is 19.3 Å². The molecule has 9 nitrogen and oxygen atoms in total. The molecule has 0 saturated carbocycles. The fourth-order valence-electron chi connectivity index (χ4n) is 4.05. The Balaban J connectivity index is 1.90. The van der Waals surface area contributed by atoms with Gasteiger partial charge in [-0.3, -0.25) is 14.5 Å². The largest absolute Gasteiger partial charge is 0.507 e. The van der Waals surface area contributed by atoms with Gasteiger partial charge in [0.25, 0.3) is 5.78 Å². The van der Waals surface area contributed by atoms with Crippen LogP contribution in [0.1, 0.15) is 39.5 Å². The van der Waals surface area contributed by atoms with E-state index in [1.807, 2.05) is 0 Å². The van der Waals surface area contributed by atoms with Crippen LogP contribution in [0.2, 0.25) is 0 Å². The van der Waals surface area contributed by atoms with E-state index in [1.54, 1.807) is 68.5 Å². The number of benzene rings is 2. The molecule has 1 aromatic heterocycles. The van der Waals surface area contributed by atoms with Crippen LogP contribution in [-0.2, 0) is 14.3 Å². The van der Waals surface area contributed by atoms with Gasteiger partial charge in [0.2, 0.25) is 0 Å². The van der Waals surface area contributed by atoms with E-state index < -0.39 is 23.7 Å². The number of hydrogen-bond donors (Lipinski definition) is 1. The molecule has 38 heavy (non-hydrogen) atoms. The monoisotopic (exact) mass is 534 g/mol. The molecule has 0 bridgehead atoms. The molecule has 2 heterocycles. The molecule has 1 saturated heterocycles. The van der Waals surface area contributed by atoms with E-state index in [0.29, 0.717) is 28.3 Å². The maximum absolute atomic E-state index is 13.4. The number of ether oxygens (including phenoxy) is 3. The molecule has 2 aromatic carbocycles. The maximum atomic E-state index is 13.4. The van der Waals surface area contributed by atoms with Crippen molar-refractivity contribution in [3.05, 3.63) is 88.5 Å². The van der Waals surface area contributed by atoms with Crippen molar-refractivity contribution < 1.29 is 33.7 Å². The molecule has 10 heteroatoms. The first-order valence-corrected chi connectivity index (χ1v) is 12.6. The number of amides is 1. The van der Waals surface area contributed by atoms with E-state index >= 15 is 0 Å². The number of rotatable bonds is 9. The second-order valence-corrected chi connectivity index (χ2v) is 9.18. The highest BCUT2D eigenvalue weighted by Gasteiger charge is 2.48. The van der Waals surface area contributed by atoms with Crippen LogP contribution < -0.4 is 14.4 Å². The van der Waals surface area contributed by atoms with Crippen molar-refractivity contribution in [1.82, 2.24) is 4.98 Å². The maximum Gasteiger partial charge on any atom is 0.350 e. The van der Waals surface area contributed by atoms with Gasteiger partial charge in [-0.05, 0) is 55.8 Å². The highest BCUT2D eigenvalue weighted by atomic mass is 32.1. The van der Waals surface area contributed by atoms with Gasteiger partial charge in [-0.15, -0.1) is 0 Å². The summed E-state index contributed by atoms with van der Waals surface area (Å²) in [5.41, 5.74) is 1.08. The van der Waals surface area contributed by atoms with Crippen molar-refractivity contribution in [3.63, 3.8) is 0 Å². The molecule has 1 N–H and O–H groups in total. The molecule has 0 spiro atoms. The Morgan fingerprint density at radius 3 is 2.58 bits per heavy atom. The summed E-state index contributed by atoms with van der Waals surface area (Å²) in [6, 6.07) is 12.3. The number of aromatic nitrogens is 1. The number of esters is 1. The second kappa shape index (κ2) is 11.3. The van der Waals surface area contributed by atoms with Gasteiger partial charge in [-0.25, -0.2) is 9.78 Å². The zero-order chi connectivity index (χ0) is 27.4. The Hall–Kier alpha value is -4.44. The Morgan fingerprint density at radius 2 is 1.92 bits per heavy atom. The van der Waals surface area contributed by atoms with Gasteiger partial charge in [0.05, 0.1) is 31.0 Å². The van der Waals surface area contributed by atoms with Crippen LogP contribution in [0.4, 0.5) is 5.13 Å². The lowest BCUT2D eigenvalue weighted by atomic mass is 9.95. The molecule has 1 amide bonds. The average molecular weight is 535 g/mol. The third-order valence-electron chi connectivity index (χ3n) is 5.80. The predicted molar refractivity (Wildman–Crippen MR) is 143 cm³/mol. The van der Waals surface area contributed by atoms with Crippen molar-refractivity contribution >= 4 is 39.9 Å². The van der Waals surface area contributed by atoms with E-state index in [2.05, 4.69) is 11.6 Å². The lowest BCUT2D eigenvalue weighted by molar-refractivity contribution is -0.132. The number of aliphatic hydroxyl groups is 1. The number of carbonyl (C=O) groups is 3. The van der Waals surface area contributed by atoms with Crippen molar-refractivity contribution in [2.75, 3.05) is 25.2 Å². The van der Waals surface area contributed by atoms with E-state index in [-0.39, 0.29) is 34.6 Å². The standard InChI is InChI=1S/C28H26N2O7S/c1-5-14-37-20-9-7-8-18(15-20)22-21(23(31)17-10-12-19(35-4)13-11-17)24(32)26(33)30(22)28-29-16(3)25(38-28)27(34)36-6-2/h5,7-13,15,22,31H,1,6,14H2,2-4H3. The van der Waals surface area contributed by atoms with Crippen molar-refractivity contribution in [2.45, 2.75) is 19.9 Å². The summed E-state index contributed by atoms with van der Waals surface area (Å²) in [6.07, 6.45) is 1.59. The Labute approximate surface area is 223 Å². The molecular formula is C28H26N2O7S. The Bertz CT molecular complexity index is 1430. The number of methoxy groups -OCH3 is 1. The van der Waals surface area contributed by atoms with Crippen molar-refractivity contribution in [3.8, 4) is 11.5 Å². The molecule has 1 aliphatic heterocycles. The number of carbonyl (C=O) groups excluding carboxylic acids is 3. The smallest absolute Gasteiger partial charge is 0.350 e. The van der Waals surface area contributed by atoms with Gasteiger partial charge >= 0.3 is 11.9 Å². The van der Waals surface area contributed by atoms with E-state index in [1.165, 1.54) is 12.0 Å². The number of ketones is 1. The summed E-state index contributed by atoms with van der Waals surface area (Å²) in [4.78, 5) is 45.1. The lowest BCUT2D eigenvalue weighted by Gasteiger charge is -2.23. The Kier molecular flexibility index (Phi) is 7.92. The second-order valence-electron chi connectivity index (χ2n) is 8.20.